The summed E-state index contributed by atoms with van der Waals surface area (Å²) >= 11 is 0. The van der Waals surface area contributed by atoms with Gasteiger partial charge in [-0.1, -0.05) is 13.8 Å². The summed E-state index contributed by atoms with van der Waals surface area (Å²) in [6.07, 6.45) is 1.18. The number of amides is 1. The summed E-state index contributed by atoms with van der Waals surface area (Å²) in [6, 6.07) is 0. The molecule has 0 saturated heterocycles. The van der Waals surface area contributed by atoms with E-state index < -0.39 is 12.3 Å². The van der Waals surface area contributed by atoms with Crippen molar-refractivity contribution in [2.75, 3.05) is 5.32 Å². The average molecular weight is 323 g/mol. The first-order valence-corrected chi connectivity index (χ1v) is 7.68. The molecule has 1 amide bonds. The van der Waals surface area contributed by atoms with Gasteiger partial charge in [0.1, 0.15) is 5.69 Å². The van der Waals surface area contributed by atoms with Crippen molar-refractivity contribution in [3.63, 3.8) is 0 Å². The van der Waals surface area contributed by atoms with Gasteiger partial charge in [-0.2, -0.15) is 10.2 Å². The van der Waals surface area contributed by atoms with Crippen LogP contribution in [0.5, 0.6) is 0 Å². The van der Waals surface area contributed by atoms with E-state index in [0.717, 1.165) is 30.5 Å². The number of anilines is 1. The summed E-state index contributed by atoms with van der Waals surface area (Å²) in [5, 5.41) is 13.4. The molecule has 124 valence electrons. The Balaban J connectivity index is 1.84. The topological polar surface area (TPSA) is 75.6 Å². The van der Waals surface area contributed by atoms with Crippen LogP contribution in [-0.4, -0.2) is 25.9 Å². The largest absolute Gasteiger partial charge is 0.317 e. The van der Waals surface area contributed by atoms with Crippen LogP contribution in [0.3, 0.4) is 0 Å². The monoisotopic (exact) mass is 323 g/mol. The lowest BCUT2D eigenvalue weighted by atomic mass is 10.2. The average Bonchev–Trinajstić information content (AvgIpc) is 3.12. The molecule has 0 aromatic carbocycles. The molecule has 2 aromatic rings. The zero-order chi connectivity index (χ0) is 16.6. The molecule has 0 spiro atoms. The minimum absolute atomic E-state index is 0.0420. The van der Waals surface area contributed by atoms with Gasteiger partial charge in [0.05, 0.1) is 11.9 Å². The Labute approximate surface area is 132 Å². The zero-order valence-electron chi connectivity index (χ0n) is 13.1. The van der Waals surface area contributed by atoms with Crippen molar-refractivity contribution in [1.82, 2.24) is 20.0 Å². The molecule has 2 heterocycles. The normalized spacial score (nSPS) is 13.8. The predicted molar refractivity (Wildman–Crippen MR) is 80.6 cm³/mol. The number of carbonyl (C=O) groups is 1. The molecular weight excluding hydrogens is 304 g/mol. The maximum Gasteiger partial charge on any atom is 0.282 e. The van der Waals surface area contributed by atoms with E-state index >= 15 is 0 Å². The minimum atomic E-state index is -2.71. The van der Waals surface area contributed by atoms with Crippen molar-refractivity contribution in [2.24, 2.45) is 5.92 Å². The predicted octanol–water partition coefficient (Wildman–Crippen LogP) is 2.94. The van der Waals surface area contributed by atoms with Crippen LogP contribution >= 0.6 is 0 Å². The number of alkyl halides is 2. The number of H-pyrrole nitrogens is 1. The SMILES string of the molecule is CC(C)Cn1ncc(NC(=O)c2n[nH]c3c2CCC3)c1C(F)F. The lowest BCUT2D eigenvalue weighted by molar-refractivity contribution is 0.102. The third-order valence-electron chi connectivity index (χ3n) is 3.89. The van der Waals surface area contributed by atoms with Gasteiger partial charge in [0, 0.05) is 17.8 Å². The molecule has 0 saturated carbocycles. The molecule has 3 rings (SSSR count). The Morgan fingerprint density at radius 1 is 1.43 bits per heavy atom. The highest BCUT2D eigenvalue weighted by Crippen LogP contribution is 2.29. The van der Waals surface area contributed by atoms with Crippen LogP contribution < -0.4 is 5.32 Å². The number of aromatic amines is 1. The Morgan fingerprint density at radius 2 is 2.22 bits per heavy atom. The van der Waals surface area contributed by atoms with E-state index in [2.05, 4.69) is 20.6 Å². The second-order valence-corrected chi connectivity index (χ2v) is 6.16. The molecule has 0 aliphatic heterocycles. The lowest BCUT2D eigenvalue weighted by Crippen LogP contribution is -2.16. The molecule has 8 heteroatoms. The summed E-state index contributed by atoms with van der Waals surface area (Å²) in [7, 11) is 0. The molecule has 0 unspecified atom stereocenters. The van der Waals surface area contributed by atoms with Gasteiger partial charge in [0.2, 0.25) is 0 Å². The fourth-order valence-corrected chi connectivity index (χ4v) is 2.90. The van der Waals surface area contributed by atoms with Crippen LogP contribution in [0, 0.1) is 5.92 Å². The Hall–Kier alpha value is -2.25. The number of nitrogens with zero attached hydrogens (tertiary/aromatic N) is 3. The van der Waals surface area contributed by atoms with E-state index in [1.165, 1.54) is 10.9 Å². The molecule has 2 N–H and O–H groups in total. The Bertz CT molecular complexity index is 720. The van der Waals surface area contributed by atoms with Crippen molar-refractivity contribution in [3.8, 4) is 0 Å². The number of rotatable bonds is 5. The van der Waals surface area contributed by atoms with E-state index in [9.17, 15) is 13.6 Å². The summed E-state index contributed by atoms with van der Waals surface area (Å²) in [6.45, 7) is 4.21. The highest BCUT2D eigenvalue weighted by Gasteiger charge is 2.26. The van der Waals surface area contributed by atoms with E-state index in [1.807, 2.05) is 13.8 Å². The molecule has 2 aromatic heterocycles. The summed E-state index contributed by atoms with van der Waals surface area (Å²) < 4.78 is 28.0. The Morgan fingerprint density at radius 3 is 2.91 bits per heavy atom. The van der Waals surface area contributed by atoms with Gasteiger partial charge in [-0.3, -0.25) is 14.6 Å². The maximum atomic E-state index is 13.4. The third-order valence-corrected chi connectivity index (χ3v) is 3.89. The number of halogens is 2. The molecule has 0 radical (unpaired) electrons. The van der Waals surface area contributed by atoms with Gasteiger partial charge in [-0.15, -0.1) is 0 Å². The lowest BCUT2D eigenvalue weighted by Gasteiger charge is -2.11. The maximum absolute atomic E-state index is 13.4. The quantitative estimate of drug-likeness (QED) is 0.888. The van der Waals surface area contributed by atoms with Crippen LogP contribution in [0.1, 0.15) is 54.1 Å². The molecule has 1 aliphatic carbocycles. The second-order valence-electron chi connectivity index (χ2n) is 6.16. The fraction of sp³-hybridized carbons (Fsp3) is 0.533. The van der Waals surface area contributed by atoms with Crippen LogP contribution in [0.15, 0.2) is 6.20 Å². The number of hydrogen-bond donors (Lipinski definition) is 2. The van der Waals surface area contributed by atoms with Gasteiger partial charge < -0.3 is 5.32 Å². The first kappa shape index (κ1) is 15.6. The molecule has 0 fully saturated rings. The highest BCUT2D eigenvalue weighted by molar-refractivity contribution is 6.04. The summed E-state index contributed by atoms with van der Waals surface area (Å²) in [5.74, 6) is -0.305. The minimum Gasteiger partial charge on any atom is -0.317 e. The molecule has 0 atom stereocenters. The molecule has 6 nitrogen and oxygen atoms in total. The van der Waals surface area contributed by atoms with Crippen molar-refractivity contribution in [2.45, 2.75) is 46.1 Å². The second kappa shape index (κ2) is 6.10. The van der Waals surface area contributed by atoms with Crippen molar-refractivity contribution >= 4 is 11.6 Å². The van der Waals surface area contributed by atoms with Gasteiger partial charge >= 0.3 is 0 Å². The standard InChI is InChI=1S/C15H19F2N5O/c1-8(2)7-22-13(14(16)17)11(6-18-22)19-15(23)12-9-4-3-5-10(9)20-21-12/h6,8,14H,3-5,7H2,1-2H3,(H,19,23)(H,20,21). The van der Waals surface area contributed by atoms with Gasteiger partial charge in [0.15, 0.2) is 5.69 Å². The summed E-state index contributed by atoms with van der Waals surface area (Å²) in [4.78, 5) is 12.4. The first-order chi connectivity index (χ1) is 11.0. The Kier molecular flexibility index (Phi) is 4.14. The number of carbonyl (C=O) groups excluding carboxylic acids is 1. The van der Waals surface area contributed by atoms with Crippen molar-refractivity contribution < 1.29 is 13.6 Å². The van der Waals surface area contributed by atoms with E-state index in [-0.39, 0.29) is 23.0 Å². The van der Waals surface area contributed by atoms with E-state index in [4.69, 9.17) is 0 Å². The molecule has 0 bridgehead atoms. The smallest absolute Gasteiger partial charge is 0.282 e. The highest BCUT2D eigenvalue weighted by atomic mass is 19.3. The number of fused-ring (bicyclic) bond motifs is 1. The third kappa shape index (κ3) is 2.97. The molecule has 23 heavy (non-hydrogen) atoms. The molecule has 1 aliphatic rings. The first-order valence-electron chi connectivity index (χ1n) is 7.68. The van der Waals surface area contributed by atoms with E-state index in [1.54, 1.807) is 0 Å². The van der Waals surface area contributed by atoms with Gasteiger partial charge in [-0.25, -0.2) is 8.78 Å². The van der Waals surface area contributed by atoms with Crippen molar-refractivity contribution in [3.05, 3.63) is 28.8 Å². The number of nitrogens with one attached hydrogen (secondary N) is 2. The van der Waals surface area contributed by atoms with Crippen LogP contribution in [0.4, 0.5) is 14.5 Å². The number of aryl methyl sites for hydroxylation is 1. The number of aromatic nitrogens is 4. The molecular formula is C15H19F2N5O. The van der Waals surface area contributed by atoms with E-state index in [0.29, 0.717) is 6.54 Å². The zero-order valence-corrected chi connectivity index (χ0v) is 13.1. The van der Waals surface area contributed by atoms with Crippen LogP contribution in [0.2, 0.25) is 0 Å². The van der Waals surface area contributed by atoms with Gasteiger partial charge in [0.25, 0.3) is 12.3 Å². The van der Waals surface area contributed by atoms with Crippen LogP contribution in [0.25, 0.3) is 0 Å². The van der Waals surface area contributed by atoms with Gasteiger partial charge in [-0.05, 0) is 25.2 Å². The number of hydrogen-bond acceptors (Lipinski definition) is 3. The fourth-order valence-electron chi connectivity index (χ4n) is 2.90. The van der Waals surface area contributed by atoms with Crippen molar-refractivity contribution in [1.29, 1.82) is 0 Å². The van der Waals surface area contributed by atoms with Crippen LogP contribution in [-0.2, 0) is 19.4 Å². The summed E-state index contributed by atoms with van der Waals surface area (Å²) in [5.41, 5.74) is 1.91.